The van der Waals surface area contributed by atoms with Crippen molar-refractivity contribution in [1.29, 1.82) is 0 Å². The van der Waals surface area contributed by atoms with E-state index in [-0.39, 0.29) is 11.4 Å². The third-order valence-electron chi connectivity index (χ3n) is 4.96. The van der Waals surface area contributed by atoms with Crippen LogP contribution in [-0.4, -0.2) is 51.2 Å². The van der Waals surface area contributed by atoms with Crippen LogP contribution in [-0.2, 0) is 4.74 Å². The van der Waals surface area contributed by atoms with Crippen LogP contribution < -0.4 is 5.01 Å². The molecule has 9 heteroatoms. The van der Waals surface area contributed by atoms with Gasteiger partial charge in [0.1, 0.15) is 5.82 Å². The van der Waals surface area contributed by atoms with Crippen LogP contribution in [0, 0.1) is 5.82 Å². The zero-order valence-corrected chi connectivity index (χ0v) is 18.0. The highest BCUT2D eigenvalue weighted by Gasteiger charge is 2.26. The van der Waals surface area contributed by atoms with Gasteiger partial charge < -0.3 is 4.74 Å². The third kappa shape index (κ3) is 3.99. The van der Waals surface area contributed by atoms with Gasteiger partial charge in [-0.2, -0.15) is 0 Å². The lowest BCUT2D eigenvalue weighted by Gasteiger charge is -2.38. The summed E-state index contributed by atoms with van der Waals surface area (Å²) in [6.45, 7) is 2.57. The van der Waals surface area contributed by atoms with Crippen LogP contribution in [0.2, 0.25) is 0 Å². The van der Waals surface area contributed by atoms with E-state index in [1.54, 1.807) is 24.5 Å². The quantitative estimate of drug-likeness (QED) is 0.429. The van der Waals surface area contributed by atoms with Gasteiger partial charge in [0.25, 0.3) is 0 Å². The predicted molar refractivity (Wildman–Crippen MR) is 119 cm³/mol. The Morgan fingerprint density at radius 3 is 2.55 bits per heavy atom. The van der Waals surface area contributed by atoms with E-state index in [9.17, 15) is 4.39 Å². The lowest BCUT2D eigenvalue weighted by molar-refractivity contribution is 0.0376. The second kappa shape index (κ2) is 8.62. The number of rotatable bonds is 4. The fourth-order valence-electron chi connectivity index (χ4n) is 3.53. The van der Waals surface area contributed by atoms with Crippen molar-refractivity contribution in [3.8, 4) is 11.4 Å². The Morgan fingerprint density at radius 1 is 0.968 bits per heavy atom. The zero-order valence-electron chi connectivity index (χ0n) is 16.4. The Kier molecular flexibility index (Phi) is 5.54. The molecule has 0 spiro atoms. The number of para-hydroxylation sites is 1. The minimum atomic E-state index is -0.407. The number of benzene rings is 2. The van der Waals surface area contributed by atoms with Gasteiger partial charge in [0, 0.05) is 30.0 Å². The fourth-order valence-corrected chi connectivity index (χ4v) is 3.89. The van der Waals surface area contributed by atoms with Crippen LogP contribution in [0.1, 0.15) is 0 Å². The first-order valence-electron chi connectivity index (χ1n) is 9.83. The van der Waals surface area contributed by atoms with E-state index in [4.69, 9.17) is 9.72 Å². The molecular weight excluding hydrogens is 463 g/mol. The SMILES string of the molecule is Fc1ccc(Br)cc1-c1nc(N(c2ccccc2)N2CCOCC2)c2nccnc2n1. The molecule has 5 rings (SSSR count). The van der Waals surface area contributed by atoms with E-state index in [0.29, 0.717) is 43.3 Å². The summed E-state index contributed by atoms with van der Waals surface area (Å²) in [5.41, 5.74) is 2.14. The van der Waals surface area contributed by atoms with Gasteiger partial charge in [-0.15, -0.1) is 0 Å². The van der Waals surface area contributed by atoms with Crippen molar-refractivity contribution in [3.63, 3.8) is 0 Å². The molecule has 0 saturated carbocycles. The van der Waals surface area contributed by atoms with Crippen molar-refractivity contribution in [2.45, 2.75) is 0 Å². The minimum Gasteiger partial charge on any atom is -0.379 e. The molecule has 0 atom stereocenters. The molecule has 1 fully saturated rings. The smallest absolute Gasteiger partial charge is 0.184 e. The molecule has 3 heterocycles. The Labute approximate surface area is 186 Å². The highest BCUT2D eigenvalue weighted by molar-refractivity contribution is 9.10. The lowest BCUT2D eigenvalue weighted by Crippen LogP contribution is -2.47. The molecule has 0 N–H and O–H groups in total. The molecule has 1 saturated heterocycles. The summed E-state index contributed by atoms with van der Waals surface area (Å²) in [5, 5.41) is 4.15. The van der Waals surface area contributed by atoms with Crippen molar-refractivity contribution < 1.29 is 9.13 Å². The van der Waals surface area contributed by atoms with Gasteiger partial charge in [0.2, 0.25) is 0 Å². The lowest BCUT2D eigenvalue weighted by atomic mass is 10.2. The predicted octanol–water partition coefficient (Wildman–Crippen LogP) is 4.37. The maximum absolute atomic E-state index is 14.7. The molecule has 156 valence electrons. The summed E-state index contributed by atoms with van der Waals surface area (Å²) in [5.74, 6) is 0.381. The van der Waals surface area contributed by atoms with E-state index < -0.39 is 5.82 Å². The van der Waals surface area contributed by atoms with Gasteiger partial charge in [0.15, 0.2) is 22.8 Å². The number of anilines is 2. The fraction of sp³-hybridized carbons (Fsp3) is 0.182. The molecule has 0 amide bonds. The molecule has 4 aromatic rings. The molecule has 31 heavy (non-hydrogen) atoms. The van der Waals surface area contributed by atoms with Gasteiger partial charge in [-0.1, -0.05) is 34.1 Å². The highest BCUT2D eigenvalue weighted by atomic mass is 79.9. The van der Waals surface area contributed by atoms with Crippen molar-refractivity contribution >= 4 is 38.6 Å². The number of morpholine rings is 1. The highest BCUT2D eigenvalue weighted by Crippen LogP contribution is 2.33. The third-order valence-corrected chi connectivity index (χ3v) is 5.45. The van der Waals surface area contributed by atoms with E-state index in [0.717, 1.165) is 10.2 Å². The second-order valence-corrected chi connectivity index (χ2v) is 7.85. The number of hydrogen-bond acceptors (Lipinski definition) is 7. The van der Waals surface area contributed by atoms with E-state index in [1.807, 2.05) is 35.3 Å². The maximum Gasteiger partial charge on any atom is 0.184 e. The first kappa shape index (κ1) is 19.9. The number of hydrogen-bond donors (Lipinski definition) is 0. The summed E-state index contributed by atoms with van der Waals surface area (Å²) >= 11 is 3.41. The molecule has 1 aliphatic heterocycles. The minimum absolute atomic E-state index is 0.246. The standard InChI is InChI=1S/C22H18BrFN6O/c23-15-6-7-18(24)17(14-15)20-27-21-19(25-8-9-26-21)22(28-20)30(16-4-2-1-3-5-16)29-10-12-31-13-11-29/h1-9,14H,10-13H2. The maximum atomic E-state index is 14.7. The van der Waals surface area contributed by atoms with E-state index in [1.165, 1.54) is 6.07 Å². The molecule has 0 unspecified atom stereocenters. The molecule has 1 aliphatic rings. The van der Waals surface area contributed by atoms with Gasteiger partial charge >= 0.3 is 0 Å². The number of ether oxygens (including phenoxy) is 1. The van der Waals surface area contributed by atoms with Gasteiger partial charge in [-0.05, 0) is 30.3 Å². The van der Waals surface area contributed by atoms with Gasteiger partial charge in [0.05, 0.1) is 24.5 Å². The van der Waals surface area contributed by atoms with Crippen LogP contribution in [0.5, 0.6) is 0 Å². The summed E-state index contributed by atoms with van der Waals surface area (Å²) in [4.78, 5) is 18.2. The monoisotopic (exact) mass is 480 g/mol. The molecule has 0 aliphatic carbocycles. The van der Waals surface area contributed by atoms with Crippen molar-refractivity contribution in [1.82, 2.24) is 24.9 Å². The number of halogens is 2. The van der Waals surface area contributed by atoms with Crippen LogP contribution in [0.3, 0.4) is 0 Å². The zero-order chi connectivity index (χ0) is 21.2. The normalized spacial score (nSPS) is 14.6. The van der Waals surface area contributed by atoms with E-state index >= 15 is 0 Å². The Bertz CT molecular complexity index is 1220. The summed E-state index contributed by atoms with van der Waals surface area (Å²) < 4.78 is 21.0. The van der Waals surface area contributed by atoms with Gasteiger partial charge in [-0.3, -0.25) is 5.01 Å². The average molecular weight is 481 g/mol. The van der Waals surface area contributed by atoms with Crippen LogP contribution in [0.4, 0.5) is 15.9 Å². The molecule has 0 radical (unpaired) electrons. The topological polar surface area (TPSA) is 67.3 Å². The number of hydrazine groups is 1. The first-order chi connectivity index (χ1) is 15.2. The van der Waals surface area contributed by atoms with Crippen LogP contribution in [0.25, 0.3) is 22.6 Å². The molecule has 0 bridgehead atoms. The summed E-state index contributed by atoms with van der Waals surface area (Å²) in [6.07, 6.45) is 3.18. The van der Waals surface area contributed by atoms with Crippen molar-refractivity contribution in [2.24, 2.45) is 0 Å². The number of aromatic nitrogens is 4. The molecular formula is C22H18BrFN6O. The molecule has 2 aromatic carbocycles. The number of nitrogens with zero attached hydrogens (tertiary/aromatic N) is 6. The summed E-state index contributed by atoms with van der Waals surface area (Å²) in [7, 11) is 0. The van der Waals surface area contributed by atoms with E-state index in [2.05, 4.69) is 35.9 Å². The summed E-state index contributed by atoms with van der Waals surface area (Å²) in [6, 6.07) is 14.6. The number of fused-ring (bicyclic) bond motifs is 1. The van der Waals surface area contributed by atoms with Crippen molar-refractivity contribution in [2.75, 3.05) is 31.3 Å². The molecule has 2 aromatic heterocycles. The Hall–Kier alpha value is -3.01. The van der Waals surface area contributed by atoms with Crippen molar-refractivity contribution in [3.05, 3.63) is 71.2 Å². The first-order valence-corrected chi connectivity index (χ1v) is 10.6. The largest absolute Gasteiger partial charge is 0.379 e. The van der Waals surface area contributed by atoms with Gasteiger partial charge in [-0.25, -0.2) is 29.3 Å². The van der Waals surface area contributed by atoms with Crippen LogP contribution in [0.15, 0.2) is 65.4 Å². The van der Waals surface area contributed by atoms with Crippen LogP contribution >= 0.6 is 15.9 Å². The average Bonchev–Trinajstić information content (AvgIpc) is 2.82. The Morgan fingerprint density at radius 2 is 1.74 bits per heavy atom. The Balaban J connectivity index is 1.75. The molecule has 7 nitrogen and oxygen atoms in total. The second-order valence-electron chi connectivity index (χ2n) is 6.94.